The van der Waals surface area contributed by atoms with Crippen LogP contribution in [0.4, 0.5) is 0 Å². The maximum absolute atomic E-state index is 12.8. The Morgan fingerprint density at radius 1 is 0.561 bits per heavy atom. The van der Waals surface area contributed by atoms with Crippen LogP contribution in [0.15, 0.2) is 36.5 Å². The molecule has 0 bridgehead atoms. The third-order valence-electron chi connectivity index (χ3n) is 10.2. The van der Waals surface area contributed by atoms with E-state index >= 15 is 0 Å². The highest BCUT2D eigenvalue weighted by Gasteiger charge is 2.51. The summed E-state index contributed by atoms with van der Waals surface area (Å²) in [7, 11) is -5.02. The predicted octanol–water partition coefficient (Wildman–Crippen LogP) is 8.70. The molecule has 6 atom stereocenters. The lowest BCUT2D eigenvalue weighted by atomic mass is 9.85. The van der Waals surface area contributed by atoms with Crippen LogP contribution in [0.1, 0.15) is 174 Å². The van der Waals surface area contributed by atoms with Crippen LogP contribution < -0.4 is 0 Å². The summed E-state index contributed by atoms with van der Waals surface area (Å²) in [6.07, 6.45) is 27.9. The molecule has 57 heavy (non-hydrogen) atoms. The van der Waals surface area contributed by atoms with E-state index in [0.29, 0.717) is 13.0 Å². The van der Waals surface area contributed by atoms with Gasteiger partial charge in [-0.1, -0.05) is 140 Å². The molecule has 13 heteroatoms. The van der Waals surface area contributed by atoms with Crippen molar-refractivity contribution in [1.29, 1.82) is 0 Å². The third-order valence-corrected chi connectivity index (χ3v) is 11.2. The molecule has 1 aliphatic carbocycles. The Labute approximate surface area is 344 Å². The molecule has 1 rings (SSSR count). The molecule has 12 nitrogen and oxygen atoms in total. The van der Waals surface area contributed by atoms with Gasteiger partial charge in [0.15, 0.2) is 0 Å². The summed E-state index contributed by atoms with van der Waals surface area (Å²) in [6.45, 7) is 4.17. The van der Waals surface area contributed by atoms with Gasteiger partial charge in [0.2, 0.25) is 0 Å². The van der Waals surface area contributed by atoms with Gasteiger partial charge < -0.3 is 39.9 Å². The quantitative estimate of drug-likeness (QED) is 0.0151. The lowest BCUT2D eigenvalue weighted by Crippen LogP contribution is -2.64. The van der Waals surface area contributed by atoms with Gasteiger partial charge in [-0.25, -0.2) is 4.57 Å². The number of rotatable bonds is 37. The van der Waals surface area contributed by atoms with Gasteiger partial charge in [0, 0.05) is 13.0 Å². The molecule has 0 amide bonds. The van der Waals surface area contributed by atoms with Crippen molar-refractivity contribution in [3.05, 3.63) is 36.5 Å². The molecule has 0 aliphatic heterocycles. The molecular weight excluding hydrogens is 751 g/mol. The van der Waals surface area contributed by atoms with E-state index in [1.807, 2.05) is 0 Å². The fourth-order valence-corrected chi connectivity index (χ4v) is 7.57. The van der Waals surface area contributed by atoms with Gasteiger partial charge in [-0.05, 0) is 64.2 Å². The Morgan fingerprint density at radius 3 is 1.54 bits per heavy atom. The van der Waals surface area contributed by atoms with Crippen molar-refractivity contribution < 1.29 is 58.3 Å². The number of hydrogen-bond acceptors (Lipinski definition) is 11. The number of phosphoric ester groups is 1. The van der Waals surface area contributed by atoms with Crippen LogP contribution in [0, 0.1) is 0 Å². The Balaban J connectivity index is 2.39. The van der Waals surface area contributed by atoms with Gasteiger partial charge >= 0.3 is 13.8 Å². The first-order chi connectivity index (χ1) is 27.5. The van der Waals surface area contributed by atoms with Crippen LogP contribution >= 0.6 is 7.82 Å². The molecule has 0 radical (unpaired) electrons. The number of aliphatic hydroxyl groups excluding tert-OH is 5. The molecule has 1 fully saturated rings. The van der Waals surface area contributed by atoms with E-state index < -0.39 is 63.1 Å². The molecule has 1 aliphatic rings. The number of carbonyl (C=O) groups excluding carboxylic acids is 1. The van der Waals surface area contributed by atoms with Gasteiger partial charge in [0.1, 0.15) is 42.7 Å². The van der Waals surface area contributed by atoms with E-state index in [9.17, 15) is 39.8 Å². The number of allylic oxidation sites excluding steroid dienone is 6. The lowest BCUT2D eigenvalue weighted by Gasteiger charge is -2.41. The normalized spacial score (nSPS) is 23.2. The van der Waals surface area contributed by atoms with Crippen molar-refractivity contribution in [2.24, 2.45) is 0 Å². The molecule has 0 saturated heterocycles. The summed E-state index contributed by atoms with van der Waals surface area (Å²) in [5.74, 6) is -0.491. The van der Waals surface area contributed by atoms with Crippen molar-refractivity contribution >= 4 is 13.8 Å². The summed E-state index contributed by atoms with van der Waals surface area (Å²) in [5.41, 5.74) is 0. The van der Waals surface area contributed by atoms with Crippen LogP contribution in [0.3, 0.4) is 0 Å². The maximum atomic E-state index is 12.8. The first-order valence-electron chi connectivity index (χ1n) is 22.3. The largest absolute Gasteiger partial charge is 0.472 e. The van der Waals surface area contributed by atoms with E-state index in [0.717, 1.165) is 77.0 Å². The van der Waals surface area contributed by atoms with Gasteiger partial charge in [0.05, 0.1) is 13.2 Å². The van der Waals surface area contributed by atoms with E-state index in [-0.39, 0.29) is 13.0 Å². The fourth-order valence-electron chi connectivity index (χ4n) is 6.60. The van der Waals surface area contributed by atoms with Crippen LogP contribution in [0.5, 0.6) is 0 Å². The number of hydrogen-bond donors (Lipinski definition) is 6. The summed E-state index contributed by atoms with van der Waals surface area (Å²) in [4.78, 5) is 23.1. The van der Waals surface area contributed by atoms with Gasteiger partial charge in [-0.2, -0.15) is 0 Å². The van der Waals surface area contributed by atoms with Crippen LogP contribution in [0.25, 0.3) is 0 Å². The van der Waals surface area contributed by atoms with Crippen LogP contribution in [-0.4, -0.2) is 98.9 Å². The molecule has 6 unspecified atom stereocenters. The molecule has 1 saturated carbocycles. The molecule has 0 heterocycles. The highest BCUT2D eigenvalue weighted by Crippen LogP contribution is 2.47. The molecule has 6 N–H and O–H groups in total. The number of unbranched alkanes of at least 4 members (excludes halogenated alkanes) is 19. The second-order valence-corrected chi connectivity index (χ2v) is 16.9. The summed E-state index contributed by atoms with van der Waals surface area (Å²) < 4.78 is 34.1. The summed E-state index contributed by atoms with van der Waals surface area (Å²) in [5, 5.41) is 50.1. The maximum Gasteiger partial charge on any atom is 0.472 e. The van der Waals surface area contributed by atoms with Gasteiger partial charge in [-0.15, -0.1) is 0 Å². The molecule has 0 spiro atoms. The zero-order valence-corrected chi connectivity index (χ0v) is 36.3. The van der Waals surface area contributed by atoms with Crippen molar-refractivity contribution in [3.8, 4) is 0 Å². The lowest BCUT2D eigenvalue weighted by molar-refractivity contribution is -0.220. The number of ether oxygens (including phenoxy) is 2. The average Bonchev–Trinajstić information content (AvgIpc) is 3.19. The fraction of sp³-hybridized carbons (Fsp3) is 0.841. The highest BCUT2D eigenvalue weighted by atomic mass is 31.2. The first-order valence-corrected chi connectivity index (χ1v) is 23.8. The number of aliphatic hydroxyl groups is 5. The SMILES string of the molecule is CCCC/C=C\CCCCCCCC(=O)OC(COCCCCCCCCCC/C=C\C/C=C\CCCCCC)COP(=O)(O)OC1C(O)C(O)C(O)C(O)C1O. The second kappa shape index (κ2) is 35.3. The van der Waals surface area contributed by atoms with Crippen molar-refractivity contribution in [1.82, 2.24) is 0 Å². The minimum atomic E-state index is -5.02. The van der Waals surface area contributed by atoms with Crippen LogP contribution in [0.2, 0.25) is 0 Å². The highest BCUT2D eigenvalue weighted by molar-refractivity contribution is 7.47. The van der Waals surface area contributed by atoms with Crippen molar-refractivity contribution in [2.75, 3.05) is 19.8 Å². The predicted molar refractivity (Wildman–Crippen MR) is 226 cm³/mol. The van der Waals surface area contributed by atoms with Crippen molar-refractivity contribution in [2.45, 2.75) is 217 Å². The summed E-state index contributed by atoms with van der Waals surface area (Å²) in [6, 6.07) is 0. The standard InChI is InChI=1S/C44H81O12P/c1-3-5-7-9-11-13-15-16-17-18-19-20-21-22-24-26-28-30-32-34-53-35-37(55-38(45)33-31-29-27-25-23-14-12-10-8-6-4-2)36-54-57(51,52)56-44-42(49)40(47)39(46)41(48)43(44)50/h10,12-13,15,17-18,37,39-44,46-50H,3-9,11,14,16,19-36H2,1-2H3,(H,51,52)/b12-10-,15-13-,18-17-. The van der Waals surface area contributed by atoms with Crippen LogP contribution in [-0.2, 0) is 27.9 Å². The van der Waals surface area contributed by atoms with E-state index in [1.165, 1.54) is 70.6 Å². The zero-order chi connectivity index (χ0) is 42.0. The molecule has 0 aromatic heterocycles. The second-order valence-electron chi connectivity index (χ2n) is 15.5. The Hall–Kier alpha value is -1.44. The van der Waals surface area contributed by atoms with E-state index in [1.54, 1.807) is 0 Å². The molecule has 0 aromatic carbocycles. The van der Waals surface area contributed by atoms with E-state index in [4.69, 9.17) is 18.5 Å². The number of phosphoric acid groups is 1. The Morgan fingerprint density at radius 2 is 1.00 bits per heavy atom. The first kappa shape index (κ1) is 53.6. The third kappa shape index (κ3) is 27.9. The summed E-state index contributed by atoms with van der Waals surface area (Å²) >= 11 is 0. The Bertz CT molecular complexity index is 1090. The molecular formula is C44H81O12P. The smallest absolute Gasteiger partial charge is 0.457 e. The minimum Gasteiger partial charge on any atom is -0.457 e. The van der Waals surface area contributed by atoms with Crippen molar-refractivity contribution in [3.63, 3.8) is 0 Å². The minimum absolute atomic E-state index is 0.0837. The Kier molecular flexibility index (Phi) is 33.2. The molecule has 0 aromatic rings. The average molecular weight is 833 g/mol. The monoisotopic (exact) mass is 833 g/mol. The number of carbonyl (C=O) groups is 1. The number of esters is 1. The van der Waals surface area contributed by atoms with E-state index in [2.05, 4.69) is 50.3 Å². The van der Waals surface area contributed by atoms with Gasteiger partial charge in [-0.3, -0.25) is 13.8 Å². The topological polar surface area (TPSA) is 192 Å². The van der Waals surface area contributed by atoms with Gasteiger partial charge in [0.25, 0.3) is 0 Å². The zero-order valence-electron chi connectivity index (χ0n) is 35.4. The molecule has 334 valence electrons.